The molecule has 0 saturated carbocycles. The van der Waals surface area contributed by atoms with Gasteiger partial charge in [-0.25, -0.2) is 14.4 Å². The smallest absolute Gasteiger partial charge is 0.225 e. The molecule has 0 atom stereocenters. The van der Waals surface area contributed by atoms with Gasteiger partial charge in [0.1, 0.15) is 5.82 Å². The van der Waals surface area contributed by atoms with Crippen LogP contribution in [0.15, 0.2) is 36.5 Å². The van der Waals surface area contributed by atoms with Crippen LogP contribution in [0.25, 0.3) is 11.1 Å². The first-order valence-corrected chi connectivity index (χ1v) is 10.3. The van der Waals surface area contributed by atoms with E-state index in [0.29, 0.717) is 11.6 Å². The number of aryl methyl sites for hydroxylation is 3. The zero-order valence-corrected chi connectivity index (χ0v) is 17.9. The standard InChI is InChI=1S/C23H27FN6/c1-15-13-21(28-25-14-15)29(4)18-9-11-30(12-10-18)23-26-16(2)22(17(3)27-23)19-7-5-6-8-20(19)24/h5-8,13-14,18H,9-12H2,1-4H3. The molecule has 0 aliphatic carbocycles. The molecule has 0 bridgehead atoms. The molecule has 7 heteroatoms. The molecule has 1 saturated heterocycles. The fraction of sp³-hybridized carbons (Fsp3) is 0.391. The van der Waals surface area contributed by atoms with Gasteiger partial charge in [0.2, 0.25) is 5.95 Å². The highest BCUT2D eigenvalue weighted by Crippen LogP contribution is 2.30. The van der Waals surface area contributed by atoms with Gasteiger partial charge in [0.05, 0.1) is 17.6 Å². The Bertz CT molecular complexity index is 1020. The molecule has 3 heterocycles. The molecule has 0 radical (unpaired) electrons. The molecule has 156 valence electrons. The average Bonchev–Trinajstić information content (AvgIpc) is 2.74. The number of hydrogen-bond acceptors (Lipinski definition) is 6. The van der Waals surface area contributed by atoms with Crippen molar-refractivity contribution in [1.29, 1.82) is 0 Å². The molecular weight excluding hydrogens is 379 g/mol. The number of rotatable bonds is 4. The van der Waals surface area contributed by atoms with Crippen LogP contribution in [-0.2, 0) is 0 Å². The number of hydrogen-bond donors (Lipinski definition) is 0. The van der Waals surface area contributed by atoms with E-state index in [0.717, 1.165) is 60.2 Å². The van der Waals surface area contributed by atoms with Crippen molar-refractivity contribution in [1.82, 2.24) is 20.2 Å². The highest BCUT2D eigenvalue weighted by atomic mass is 19.1. The van der Waals surface area contributed by atoms with Crippen LogP contribution in [-0.4, -0.2) is 46.3 Å². The Balaban J connectivity index is 1.49. The third kappa shape index (κ3) is 3.97. The Kier molecular flexibility index (Phi) is 5.61. The average molecular weight is 407 g/mol. The fourth-order valence-corrected chi connectivity index (χ4v) is 4.16. The van der Waals surface area contributed by atoms with Crippen molar-refractivity contribution in [3.63, 3.8) is 0 Å². The van der Waals surface area contributed by atoms with E-state index >= 15 is 0 Å². The maximum atomic E-state index is 14.3. The summed E-state index contributed by atoms with van der Waals surface area (Å²) in [5, 5.41) is 8.34. The summed E-state index contributed by atoms with van der Waals surface area (Å²) in [5.74, 6) is 1.38. The van der Waals surface area contributed by atoms with Gasteiger partial charge < -0.3 is 9.80 Å². The molecular formula is C23H27FN6. The molecule has 6 nitrogen and oxygen atoms in total. The highest BCUT2D eigenvalue weighted by molar-refractivity contribution is 5.69. The molecule has 4 rings (SSSR count). The molecule has 30 heavy (non-hydrogen) atoms. The minimum absolute atomic E-state index is 0.247. The topological polar surface area (TPSA) is 58.0 Å². The quantitative estimate of drug-likeness (QED) is 0.650. The van der Waals surface area contributed by atoms with Gasteiger partial charge in [-0.2, -0.15) is 5.10 Å². The van der Waals surface area contributed by atoms with Crippen LogP contribution in [0, 0.1) is 26.6 Å². The lowest BCUT2D eigenvalue weighted by Gasteiger charge is -2.37. The Morgan fingerprint density at radius 1 is 1.03 bits per heavy atom. The van der Waals surface area contributed by atoms with Crippen molar-refractivity contribution in [3.8, 4) is 11.1 Å². The van der Waals surface area contributed by atoms with Gasteiger partial charge in [-0.15, -0.1) is 5.10 Å². The molecule has 1 aliphatic heterocycles. The Morgan fingerprint density at radius 2 is 1.70 bits per heavy atom. The second kappa shape index (κ2) is 8.34. The number of benzene rings is 1. The van der Waals surface area contributed by atoms with E-state index < -0.39 is 0 Å². The maximum absolute atomic E-state index is 14.3. The predicted octanol–water partition coefficient (Wildman–Crippen LogP) is 4.10. The van der Waals surface area contributed by atoms with Gasteiger partial charge >= 0.3 is 0 Å². The van der Waals surface area contributed by atoms with E-state index in [1.165, 1.54) is 6.07 Å². The van der Waals surface area contributed by atoms with Crippen molar-refractivity contribution in [2.75, 3.05) is 29.9 Å². The zero-order chi connectivity index (χ0) is 21.3. The normalized spacial score (nSPS) is 14.8. The van der Waals surface area contributed by atoms with Crippen molar-refractivity contribution < 1.29 is 4.39 Å². The summed E-state index contributed by atoms with van der Waals surface area (Å²) in [6.45, 7) is 7.62. The molecule has 1 aromatic carbocycles. The number of anilines is 2. The summed E-state index contributed by atoms with van der Waals surface area (Å²) < 4.78 is 14.3. The molecule has 0 amide bonds. The minimum Gasteiger partial charge on any atom is -0.355 e. The van der Waals surface area contributed by atoms with Crippen LogP contribution < -0.4 is 9.80 Å². The van der Waals surface area contributed by atoms with E-state index in [2.05, 4.69) is 33.1 Å². The predicted molar refractivity (Wildman–Crippen MR) is 117 cm³/mol. The first-order valence-electron chi connectivity index (χ1n) is 10.3. The summed E-state index contributed by atoms with van der Waals surface area (Å²) in [6, 6.07) is 9.26. The molecule has 0 spiro atoms. The van der Waals surface area contributed by atoms with Gasteiger partial charge in [0, 0.05) is 37.3 Å². The van der Waals surface area contributed by atoms with Gasteiger partial charge in [-0.3, -0.25) is 0 Å². The van der Waals surface area contributed by atoms with Crippen molar-refractivity contribution >= 4 is 11.8 Å². The van der Waals surface area contributed by atoms with E-state index in [9.17, 15) is 4.39 Å². The lowest BCUT2D eigenvalue weighted by molar-refractivity contribution is 0.474. The Morgan fingerprint density at radius 3 is 2.33 bits per heavy atom. The molecule has 2 aromatic heterocycles. The number of nitrogens with zero attached hydrogens (tertiary/aromatic N) is 6. The van der Waals surface area contributed by atoms with Gasteiger partial charge in [0.15, 0.2) is 5.82 Å². The lowest BCUT2D eigenvalue weighted by atomic mass is 10.0. The van der Waals surface area contributed by atoms with Crippen LogP contribution in [0.5, 0.6) is 0 Å². The van der Waals surface area contributed by atoms with E-state index in [1.807, 2.05) is 26.8 Å². The number of piperidine rings is 1. The van der Waals surface area contributed by atoms with Crippen molar-refractivity contribution in [3.05, 3.63) is 59.3 Å². The molecule has 3 aromatic rings. The Labute approximate surface area is 176 Å². The van der Waals surface area contributed by atoms with Gasteiger partial charge in [-0.05, 0) is 51.3 Å². The fourth-order valence-electron chi connectivity index (χ4n) is 4.16. The first kappa shape index (κ1) is 20.2. The van der Waals surface area contributed by atoms with E-state index in [-0.39, 0.29) is 5.82 Å². The van der Waals surface area contributed by atoms with Crippen molar-refractivity contribution in [2.24, 2.45) is 0 Å². The van der Waals surface area contributed by atoms with Crippen LogP contribution in [0.3, 0.4) is 0 Å². The second-order valence-electron chi connectivity index (χ2n) is 7.97. The summed E-state index contributed by atoms with van der Waals surface area (Å²) in [7, 11) is 2.08. The van der Waals surface area contributed by atoms with E-state index in [1.54, 1.807) is 18.3 Å². The first-order chi connectivity index (χ1) is 14.4. The zero-order valence-electron chi connectivity index (χ0n) is 17.9. The summed E-state index contributed by atoms with van der Waals surface area (Å²) in [4.78, 5) is 13.9. The van der Waals surface area contributed by atoms with Crippen LogP contribution >= 0.6 is 0 Å². The monoisotopic (exact) mass is 406 g/mol. The Hall–Kier alpha value is -3.09. The van der Waals surface area contributed by atoms with Gasteiger partial charge in [0.25, 0.3) is 0 Å². The largest absolute Gasteiger partial charge is 0.355 e. The third-order valence-corrected chi connectivity index (χ3v) is 5.84. The third-order valence-electron chi connectivity index (χ3n) is 5.84. The molecule has 0 unspecified atom stereocenters. The van der Waals surface area contributed by atoms with Crippen LogP contribution in [0.2, 0.25) is 0 Å². The van der Waals surface area contributed by atoms with E-state index in [4.69, 9.17) is 9.97 Å². The summed E-state index contributed by atoms with van der Waals surface area (Å²) >= 11 is 0. The summed E-state index contributed by atoms with van der Waals surface area (Å²) in [6.07, 6.45) is 3.75. The number of aromatic nitrogens is 4. The highest BCUT2D eigenvalue weighted by Gasteiger charge is 2.26. The van der Waals surface area contributed by atoms with Gasteiger partial charge in [-0.1, -0.05) is 18.2 Å². The molecule has 1 fully saturated rings. The lowest BCUT2D eigenvalue weighted by Crippen LogP contribution is -2.44. The maximum Gasteiger partial charge on any atom is 0.225 e. The molecule has 0 N–H and O–H groups in total. The summed E-state index contributed by atoms with van der Waals surface area (Å²) in [5.41, 5.74) is 4.05. The second-order valence-corrected chi connectivity index (χ2v) is 7.97. The SMILES string of the molecule is Cc1cnnc(N(C)C2CCN(c3nc(C)c(-c4ccccc4F)c(C)n3)CC2)c1. The molecule has 1 aliphatic rings. The minimum atomic E-state index is -0.247. The van der Waals surface area contributed by atoms with Crippen LogP contribution in [0.4, 0.5) is 16.2 Å². The van der Waals surface area contributed by atoms with Crippen molar-refractivity contribution in [2.45, 2.75) is 39.7 Å². The number of halogens is 1. The van der Waals surface area contributed by atoms with Crippen LogP contribution in [0.1, 0.15) is 29.8 Å².